The molecule has 0 saturated carbocycles. The minimum atomic E-state index is -0.400. The van der Waals surface area contributed by atoms with E-state index in [0.29, 0.717) is 0 Å². The van der Waals surface area contributed by atoms with Crippen LogP contribution in [0.3, 0.4) is 0 Å². The summed E-state index contributed by atoms with van der Waals surface area (Å²) in [5.41, 5.74) is 2.24. The molecule has 0 amide bonds. The Labute approximate surface area is 77.5 Å². The van der Waals surface area contributed by atoms with Crippen LogP contribution in [-0.2, 0) is 10.3 Å². The summed E-state index contributed by atoms with van der Waals surface area (Å²) in [6.45, 7) is 6.16. The lowest BCUT2D eigenvalue weighted by molar-refractivity contribution is 0.0781. The SMILES string of the molecule is Cc1ccc2c(c1)C1(C)OC1(C)O2. The van der Waals surface area contributed by atoms with Gasteiger partial charge in [-0.2, -0.15) is 0 Å². The van der Waals surface area contributed by atoms with E-state index in [1.165, 1.54) is 11.1 Å². The summed E-state index contributed by atoms with van der Waals surface area (Å²) >= 11 is 0. The zero-order chi connectivity index (χ0) is 9.27. The predicted octanol–water partition coefficient (Wildman–Crippen LogP) is 2.35. The lowest BCUT2D eigenvalue weighted by atomic mass is 9.97. The number of fused-ring (bicyclic) bond motifs is 3. The zero-order valence-electron chi connectivity index (χ0n) is 8.05. The largest absolute Gasteiger partial charge is 0.459 e. The number of ether oxygens (including phenoxy) is 2. The van der Waals surface area contributed by atoms with Gasteiger partial charge in [0.05, 0.1) is 0 Å². The van der Waals surface area contributed by atoms with E-state index >= 15 is 0 Å². The van der Waals surface area contributed by atoms with Gasteiger partial charge in [-0.1, -0.05) is 11.6 Å². The molecule has 0 radical (unpaired) electrons. The van der Waals surface area contributed by atoms with E-state index in [9.17, 15) is 0 Å². The molecule has 0 spiro atoms. The lowest BCUT2D eigenvalue weighted by Crippen LogP contribution is -2.16. The van der Waals surface area contributed by atoms with Crippen molar-refractivity contribution in [3.8, 4) is 5.75 Å². The van der Waals surface area contributed by atoms with Gasteiger partial charge in [0.2, 0.25) is 5.79 Å². The highest BCUT2D eigenvalue weighted by molar-refractivity contribution is 5.49. The highest BCUT2D eigenvalue weighted by Crippen LogP contribution is 2.63. The molecule has 13 heavy (non-hydrogen) atoms. The summed E-state index contributed by atoms with van der Waals surface area (Å²) in [7, 11) is 0. The van der Waals surface area contributed by atoms with Crippen LogP contribution in [0.15, 0.2) is 18.2 Å². The van der Waals surface area contributed by atoms with Crippen molar-refractivity contribution in [3.63, 3.8) is 0 Å². The van der Waals surface area contributed by atoms with Gasteiger partial charge in [0, 0.05) is 12.5 Å². The maximum Gasteiger partial charge on any atom is 0.242 e. The van der Waals surface area contributed by atoms with Crippen LogP contribution in [0.25, 0.3) is 0 Å². The Morgan fingerprint density at radius 2 is 2.00 bits per heavy atom. The smallest absolute Gasteiger partial charge is 0.242 e. The van der Waals surface area contributed by atoms with Gasteiger partial charge in [0.1, 0.15) is 5.75 Å². The summed E-state index contributed by atoms with van der Waals surface area (Å²) in [5.74, 6) is 0.574. The normalized spacial score (nSPS) is 39.3. The van der Waals surface area contributed by atoms with Crippen molar-refractivity contribution >= 4 is 0 Å². The molecule has 2 aliphatic heterocycles. The summed E-state index contributed by atoms with van der Waals surface area (Å²) < 4.78 is 11.3. The maximum atomic E-state index is 5.70. The van der Waals surface area contributed by atoms with Crippen LogP contribution < -0.4 is 4.74 Å². The van der Waals surface area contributed by atoms with Crippen LogP contribution in [-0.4, -0.2) is 5.79 Å². The van der Waals surface area contributed by atoms with E-state index in [1.54, 1.807) is 0 Å². The molecule has 2 aliphatic rings. The van der Waals surface area contributed by atoms with Crippen LogP contribution in [0.2, 0.25) is 0 Å². The Hall–Kier alpha value is -1.02. The molecule has 2 atom stereocenters. The number of hydrogen-bond acceptors (Lipinski definition) is 2. The van der Waals surface area contributed by atoms with Gasteiger partial charge in [-0.05, 0) is 26.0 Å². The second-order valence-corrected chi connectivity index (χ2v) is 4.18. The number of aryl methyl sites for hydroxylation is 1. The quantitative estimate of drug-likeness (QED) is 0.566. The average Bonchev–Trinajstić information content (AvgIpc) is 2.52. The highest BCUT2D eigenvalue weighted by atomic mass is 16.8. The Balaban J connectivity index is 2.22. The standard InChI is InChI=1S/C11H12O2/c1-7-4-5-9-8(6-7)10(2)11(3,12-9)13-10/h4-6H,1-3H3. The number of epoxide rings is 1. The molecule has 0 bridgehead atoms. The summed E-state index contributed by atoms with van der Waals surface area (Å²) in [5, 5.41) is 0. The maximum absolute atomic E-state index is 5.70. The molecule has 2 heterocycles. The number of rotatable bonds is 0. The van der Waals surface area contributed by atoms with Crippen molar-refractivity contribution < 1.29 is 9.47 Å². The minimum Gasteiger partial charge on any atom is -0.459 e. The topological polar surface area (TPSA) is 21.8 Å². The molecule has 3 rings (SSSR count). The first kappa shape index (κ1) is 7.39. The van der Waals surface area contributed by atoms with Gasteiger partial charge in [-0.15, -0.1) is 0 Å². The van der Waals surface area contributed by atoms with E-state index in [2.05, 4.69) is 26.0 Å². The molecule has 2 heteroatoms. The van der Waals surface area contributed by atoms with Gasteiger partial charge < -0.3 is 9.47 Å². The molecule has 0 aromatic heterocycles. The van der Waals surface area contributed by atoms with Crippen molar-refractivity contribution in [2.75, 3.05) is 0 Å². The van der Waals surface area contributed by atoms with Crippen LogP contribution >= 0.6 is 0 Å². The first-order valence-electron chi connectivity index (χ1n) is 4.55. The number of hydrogen-bond donors (Lipinski definition) is 0. The average molecular weight is 176 g/mol. The third kappa shape index (κ3) is 0.684. The van der Waals surface area contributed by atoms with E-state index in [-0.39, 0.29) is 5.60 Å². The van der Waals surface area contributed by atoms with E-state index < -0.39 is 5.79 Å². The molecule has 0 N–H and O–H groups in total. The van der Waals surface area contributed by atoms with Crippen LogP contribution in [0, 0.1) is 6.92 Å². The molecule has 2 nitrogen and oxygen atoms in total. The summed E-state index contributed by atoms with van der Waals surface area (Å²) in [6.07, 6.45) is 0. The van der Waals surface area contributed by atoms with Crippen molar-refractivity contribution in [1.82, 2.24) is 0 Å². The minimum absolute atomic E-state index is 0.200. The molecular weight excluding hydrogens is 164 g/mol. The molecule has 68 valence electrons. The Kier molecular flexibility index (Phi) is 0.996. The van der Waals surface area contributed by atoms with Gasteiger partial charge in [-0.25, -0.2) is 0 Å². The van der Waals surface area contributed by atoms with Crippen molar-refractivity contribution in [1.29, 1.82) is 0 Å². The second kappa shape index (κ2) is 1.75. The Morgan fingerprint density at radius 1 is 1.23 bits per heavy atom. The van der Waals surface area contributed by atoms with E-state index in [4.69, 9.17) is 9.47 Å². The molecule has 1 saturated heterocycles. The zero-order valence-corrected chi connectivity index (χ0v) is 8.05. The third-order valence-corrected chi connectivity index (χ3v) is 3.18. The van der Waals surface area contributed by atoms with E-state index in [1.807, 2.05) is 13.0 Å². The Morgan fingerprint density at radius 3 is 2.77 bits per heavy atom. The predicted molar refractivity (Wildman–Crippen MR) is 48.6 cm³/mol. The monoisotopic (exact) mass is 176 g/mol. The van der Waals surface area contributed by atoms with Gasteiger partial charge in [-0.3, -0.25) is 0 Å². The van der Waals surface area contributed by atoms with Crippen LogP contribution in [0.1, 0.15) is 25.0 Å². The van der Waals surface area contributed by atoms with Crippen molar-refractivity contribution in [2.24, 2.45) is 0 Å². The molecule has 0 aliphatic carbocycles. The fourth-order valence-electron chi connectivity index (χ4n) is 2.10. The Bertz CT molecular complexity index is 399. The molecule has 2 unspecified atom stereocenters. The lowest BCUT2D eigenvalue weighted by Gasteiger charge is -2.06. The van der Waals surface area contributed by atoms with Gasteiger partial charge in [0.25, 0.3) is 0 Å². The van der Waals surface area contributed by atoms with Gasteiger partial charge in [0.15, 0.2) is 5.60 Å². The molecule has 1 fully saturated rings. The molecule has 1 aromatic carbocycles. The fraction of sp³-hybridized carbons (Fsp3) is 0.455. The second-order valence-electron chi connectivity index (χ2n) is 4.18. The highest BCUT2D eigenvalue weighted by Gasteiger charge is 2.72. The summed E-state index contributed by atoms with van der Waals surface area (Å²) in [4.78, 5) is 0. The molecular formula is C11H12O2. The first-order chi connectivity index (χ1) is 6.05. The van der Waals surface area contributed by atoms with E-state index in [0.717, 1.165) is 5.75 Å². The number of benzene rings is 1. The van der Waals surface area contributed by atoms with Crippen molar-refractivity contribution in [2.45, 2.75) is 32.2 Å². The first-order valence-corrected chi connectivity index (χ1v) is 4.55. The van der Waals surface area contributed by atoms with Crippen LogP contribution in [0.5, 0.6) is 5.75 Å². The summed E-state index contributed by atoms with van der Waals surface area (Å²) in [6, 6.07) is 6.24. The van der Waals surface area contributed by atoms with Crippen LogP contribution in [0.4, 0.5) is 0 Å². The third-order valence-electron chi connectivity index (χ3n) is 3.18. The molecule has 1 aromatic rings. The van der Waals surface area contributed by atoms with Crippen molar-refractivity contribution in [3.05, 3.63) is 29.3 Å². The fourth-order valence-corrected chi connectivity index (χ4v) is 2.10. The van der Waals surface area contributed by atoms with Gasteiger partial charge >= 0.3 is 0 Å².